The van der Waals surface area contributed by atoms with Crippen LogP contribution in [0.5, 0.6) is 0 Å². The Labute approximate surface area is 135 Å². The molecular formula is C16H22FN3O3. The molecule has 1 aromatic carbocycles. The number of halogens is 1. The highest BCUT2D eigenvalue weighted by Crippen LogP contribution is 2.21. The molecule has 1 heterocycles. The molecule has 1 fully saturated rings. The molecule has 23 heavy (non-hydrogen) atoms. The number of nitrogens with zero attached hydrogens (tertiary/aromatic N) is 1. The van der Waals surface area contributed by atoms with Gasteiger partial charge in [-0.3, -0.25) is 4.79 Å². The number of ether oxygens (including phenoxy) is 1. The van der Waals surface area contributed by atoms with Gasteiger partial charge in [0.25, 0.3) is 0 Å². The topological polar surface area (TPSA) is 70.7 Å². The van der Waals surface area contributed by atoms with Crippen LogP contribution < -0.4 is 15.5 Å². The van der Waals surface area contributed by atoms with E-state index in [4.69, 9.17) is 4.74 Å². The molecule has 2 rings (SSSR count). The number of carbonyl (C=O) groups excluding carboxylic acids is 2. The molecule has 2 N–H and O–H groups in total. The maximum Gasteiger partial charge on any atom is 0.315 e. The summed E-state index contributed by atoms with van der Waals surface area (Å²) in [6.45, 7) is 4.10. The van der Waals surface area contributed by atoms with Gasteiger partial charge in [-0.1, -0.05) is 0 Å². The molecule has 0 radical (unpaired) electrons. The zero-order valence-electron chi connectivity index (χ0n) is 13.2. The predicted molar refractivity (Wildman–Crippen MR) is 84.8 cm³/mol. The van der Waals surface area contributed by atoms with E-state index in [1.54, 1.807) is 17.0 Å². The van der Waals surface area contributed by atoms with E-state index in [9.17, 15) is 14.0 Å². The Morgan fingerprint density at radius 1 is 1.39 bits per heavy atom. The Balaban J connectivity index is 1.76. The molecule has 1 atom stereocenters. The fourth-order valence-corrected chi connectivity index (χ4v) is 2.43. The van der Waals surface area contributed by atoms with Crippen molar-refractivity contribution in [1.82, 2.24) is 10.6 Å². The molecular weight excluding hydrogens is 301 g/mol. The zero-order chi connectivity index (χ0) is 16.7. The van der Waals surface area contributed by atoms with Gasteiger partial charge in [0.05, 0.1) is 6.04 Å². The van der Waals surface area contributed by atoms with Crippen LogP contribution in [0.3, 0.4) is 0 Å². The van der Waals surface area contributed by atoms with E-state index in [-0.39, 0.29) is 30.2 Å². The molecule has 6 nitrogen and oxygen atoms in total. The summed E-state index contributed by atoms with van der Waals surface area (Å²) in [6.07, 6.45) is 0.982. The second-order valence-corrected chi connectivity index (χ2v) is 5.33. The molecule has 0 saturated carbocycles. The van der Waals surface area contributed by atoms with Gasteiger partial charge in [-0.15, -0.1) is 0 Å². The number of anilines is 1. The van der Waals surface area contributed by atoms with E-state index in [1.807, 2.05) is 6.92 Å². The first-order valence-corrected chi connectivity index (χ1v) is 7.78. The lowest BCUT2D eigenvalue weighted by atomic mass is 10.2. The number of nitrogens with one attached hydrogen (secondary N) is 2. The van der Waals surface area contributed by atoms with Gasteiger partial charge in [-0.05, 0) is 37.6 Å². The quantitative estimate of drug-likeness (QED) is 0.750. The van der Waals surface area contributed by atoms with Crippen LogP contribution in [0.15, 0.2) is 24.3 Å². The lowest BCUT2D eigenvalue weighted by Gasteiger charge is -2.17. The van der Waals surface area contributed by atoms with Gasteiger partial charge in [0.2, 0.25) is 5.91 Å². The molecule has 0 spiro atoms. The summed E-state index contributed by atoms with van der Waals surface area (Å²) in [5.41, 5.74) is 0.637. The molecule has 0 aliphatic carbocycles. The van der Waals surface area contributed by atoms with Gasteiger partial charge in [-0.25, -0.2) is 9.18 Å². The highest BCUT2D eigenvalue weighted by atomic mass is 19.1. The van der Waals surface area contributed by atoms with E-state index >= 15 is 0 Å². The average molecular weight is 323 g/mol. The number of rotatable bonds is 7. The summed E-state index contributed by atoms with van der Waals surface area (Å²) in [6, 6.07) is 5.20. The summed E-state index contributed by atoms with van der Waals surface area (Å²) in [5, 5.41) is 5.52. The van der Waals surface area contributed by atoms with Crippen molar-refractivity contribution in [1.29, 1.82) is 0 Å². The first-order chi connectivity index (χ1) is 11.1. The lowest BCUT2D eigenvalue weighted by Crippen LogP contribution is -2.43. The van der Waals surface area contributed by atoms with Crippen molar-refractivity contribution in [3.8, 4) is 0 Å². The molecule has 1 aromatic rings. The van der Waals surface area contributed by atoms with Crippen molar-refractivity contribution in [2.24, 2.45) is 0 Å². The van der Waals surface area contributed by atoms with Gasteiger partial charge in [0.1, 0.15) is 5.82 Å². The lowest BCUT2D eigenvalue weighted by molar-refractivity contribution is -0.117. The highest BCUT2D eigenvalue weighted by Gasteiger charge is 2.31. The summed E-state index contributed by atoms with van der Waals surface area (Å²) in [5.74, 6) is -0.431. The van der Waals surface area contributed by atoms with E-state index in [0.29, 0.717) is 32.0 Å². The Morgan fingerprint density at radius 2 is 2.13 bits per heavy atom. The number of benzene rings is 1. The monoisotopic (exact) mass is 323 g/mol. The van der Waals surface area contributed by atoms with Crippen LogP contribution in [0.25, 0.3) is 0 Å². The number of amides is 3. The number of hydrogen-bond donors (Lipinski definition) is 2. The Morgan fingerprint density at radius 3 is 2.83 bits per heavy atom. The molecule has 126 valence electrons. The van der Waals surface area contributed by atoms with Crippen LogP contribution in [0.4, 0.5) is 14.9 Å². The maximum atomic E-state index is 12.9. The van der Waals surface area contributed by atoms with Gasteiger partial charge in [-0.2, -0.15) is 0 Å². The van der Waals surface area contributed by atoms with Crippen LogP contribution in [-0.2, 0) is 9.53 Å². The van der Waals surface area contributed by atoms with Crippen LogP contribution >= 0.6 is 0 Å². The minimum atomic E-state index is -0.346. The van der Waals surface area contributed by atoms with Crippen molar-refractivity contribution in [3.05, 3.63) is 30.1 Å². The first-order valence-electron chi connectivity index (χ1n) is 7.78. The van der Waals surface area contributed by atoms with Crippen LogP contribution in [0.1, 0.15) is 19.8 Å². The number of urea groups is 1. The van der Waals surface area contributed by atoms with Crippen molar-refractivity contribution in [3.63, 3.8) is 0 Å². The third kappa shape index (κ3) is 5.21. The average Bonchev–Trinajstić information content (AvgIpc) is 2.88. The zero-order valence-corrected chi connectivity index (χ0v) is 13.2. The van der Waals surface area contributed by atoms with Crippen molar-refractivity contribution in [2.75, 3.05) is 31.2 Å². The molecule has 1 aliphatic rings. The smallest absolute Gasteiger partial charge is 0.315 e. The summed E-state index contributed by atoms with van der Waals surface area (Å²) in [7, 11) is 0. The molecule has 0 bridgehead atoms. The standard InChI is InChI=1S/C16H22FN3O3/c1-2-23-9-3-8-18-16(22)19-13-10-15(21)20(11-13)14-6-4-12(17)5-7-14/h4-7,13H,2-3,8-11H2,1H3,(H2,18,19,22)/t13-/m0/s1. The molecule has 1 aliphatic heterocycles. The molecule has 0 unspecified atom stereocenters. The van der Waals surface area contributed by atoms with E-state index in [2.05, 4.69) is 10.6 Å². The Kier molecular flexibility index (Phi) is 6.34. The van der Waals surface area contributed by atoms with E-state index < -0.39 is 0 Å². The van der Waals surface area contributed by atoms with Gasteiger partial charge in [0, 0.05) is 38.4 Å². The predicted octanol–water partition coefficient (Wildman–Crippen LogP) is 1.66. The Bertz CT molecular complexity index is 536. The maximum absolute atomic E-state index is 12.9. The van der Waals surface area contributed by atoms with E-state index in [0.717, 1.165) is 6.42 Å². The van der Waals surface area contributed by atoms with Gasteiger partial charge >= 0.3 is 6.03 Å². The normalized spacial score (nSPS) is 17.4. The van der Waals surface area contributed by atoms with Gasteiger partial charge in [0.15, 0.2) is 0 Å². The fourth-order valence-electron chi connectivity index (χ4n) is 2.43. The van der Waals surface area contributed by atoms with E-state index in [1.165, 1.54) is 12.1 Å². The molecule has 7 heteroatoms. The third-order valence-electron chi connectivity index (χ3n) is 3.55. The highest BCUT2D eigenvalue weighted by molar-refractivity contribution is 5.96. The largest absolute Gasteiger partial charge is 0.382 e. The summed E-state index contributed by atoms with van der Waals surface area (Å²) < 4.78 is 18.1. The minimum Gasteiger partial charge on any atom is -0.382 e. The fraction of sp³-hybridized carbons (Fsp3) is 0.500. The Hall–Kier alpha value is -2.15. The van der Waals surface area contributed by atoms with Crippen molar-refractivity contribution in [2.45, 2.75) is 25.8 Å². The van der Waals surface area contributed by atoms with Crippen molar-refractivity contribution < 1.29 is 18.7 Å². The molecule has 1 saturated heterocycles. The number of carbonyl (C=O) groups is 2. The molecule has 3 amide bonds. The van der Waals surface area contributed by atoms with Crippen LogP contribution in [0.2, 0.25) is 0 Å². The number of hydrogen-bond acceptors (Lipinski definition) is 3. The van der Waals surface area contributed by atoms with Crippen LogP contribution in [0, 0.1) is 5.82 Å². The van der Waals surface area contributed by atoms with Crippen molar-refractivity contribution >= 4 is 17.6 Å². The summed E-state index contributed by atoms with van der Waals surface area (Å²) >= 11 is 0. The first kappa shape index (κ1) is 17.2. The molecule has 0 aromatic heterocycles. The SMILES string of the molecule is CCOCCCNC(=O)N[C@H]1CC(=O)N(c2ccc(F)cc2)C1. The van der Waals surface area contributed by atoms with Crippen LogP contribution in [-0.4, -0.2) is 44.3 Å². The third-order valence-corrected chi connectivity index (χ3v) is 3.55. The minimum absolute atomic E-state index is 0.0850. The van der Waals surface area contributed by atoms with Gasteiger partial charge < -0.3 is 20.3 Å². The second-order valence-electron chi connectivity index (χ2n) is 5.33. The second kappa shape index (κ2) is 8.47. The summed E-state index contributed by atoms with van der Waals surface area (Å²) in [4.78, 5) is 25.4.